The molecule has 0 bridgehead atoms. The number of halogens is 1. The van der Waals surface area contributed by atoms with Gasteiger partial charge in [-0.1, -0.05) is 19.1 Å². The normalized spacial score (nSPS) is 21.4. The molecule has 2 aliphatic rings. The van der Waals surface area contributed by atoms with Crippen LogP contribution in [0.15, 0.2) is 58.0 Å². The third-order valence-electron chi connectivity index (χ3n) is 3.88. The number of rotatable bonds is 3. The van der Waals surface area contributed by atoms with Gasteiger partial charge in [-0.3, -0.25) is 0 Å². The van der Waals surface area contributed by atoms with Crippen molar-refractivity contribution >= 4 is 27.5 Å². The molecule has 2 aliphatic heterocycles. The van der Waals surface area contributed by atoms with Crippen molar-refractivity contribution in [2.24, 2.45) is 10.9 Å². The van der Waals surface area contributed by atoms with Crippen LogP contribution < -0.4 is 14.8 Å². The highest BCUT2D eigenvalue weighted by atomic mass is 79.9. The Morgan fingerprint density at radius 2 is 2.04 bits per heavy atom. The molecule has 1 aromatic carbocycles. The summed E-state index contributed by atoms with van der Waals surface area (Å²) >= 11 is 3.52. The summed E-state index contributed by atoms with van der Waals surface area (Å²) in [4.78, 5) is 6.83. The van der Waals surface area contributed by atoms with Crippen LogP contribution in [0, 0.1) is 5.92 Å². The fourth-order valence-electron chi connectivity index (χ4n) is 2.57. The van der Waals surface area contributed by atoms with Crippen LogP contribution in [0.4, 0.5) is 5.69 Å². The van der Waals surface area contributed by atoms with E-state index in [9.17, 15) is 0 Å². The van der Waals surface area contributed by atoms with Gasteiger partial charge in [0.05, 0.1) is 25.6 Å². The average molecular weight is 390 g/mol. The number of aliphatic imine (C=N–C) groups is 1. The highest BCUT2D eigenvalue weighted by molar-refractivity contribution is 9.11. The summed E-state index contributed by atoms with van der Waals surface area (Å²) in [5.74, 6) is 2.63. The van der Waals surface area contributed by atoms with Crippen molar-refractivity contribution in [2.75, 3.05) is 14.2 Å². The minimum atomic E-state index is 0.498. The van der Waals surface area contributed by atoms with Gasteiger partial charge in [-0.2, -0.15) is 0 Å². The number of nitrogens with one attached hydrogen (secondary N) is 1. The van der Waals surface area contributed by atoms with Gasteiger partial charge in [-0.05, 0) is 40.4 Å². The second-order valence-electron chi connectivity index (χ2n) is 5.65. The zero-order valence-electron chi connectivity index (χ0n) is 13.9. The average Bonchev–Trinajstić information content (AvgIpc) is 2.76. The molecule has 1 aromatic rings. The van der Waals surface area contributed by atoms with Crippen LogP contribution in [0.5, 0.6) is 11.5 Å². The summed E-state index contributed by atoms with van der Waals surface area (Å²) in [5, 5.41) is 3.28. The van der Waals surface area contributed by atoms with Crippen LogP contribution in [0.25, 0.3) is 0 Å². The zero-order chi connectivity index (χ0) is 17.1. The topological polar surface area (TPSA) is 46.1 Å². The summed E-state index contributed by atoms with van der Waals surface area (Å²) in [6.45, 7) is 2.20. The molecule has 0 saturated carbocycles. The van der Waals surface area contributed by atoms with Crippen LogP contribution in [0.1, 0.15) is 13.3 Å². The Labute approximate surface area is 150 Å². The van der Waals surface area contributed by atoms with Crippen LogP contribution in [0.3, 0.4) is 0 Å². The lowest BCUT2D eigenvalue weighted by Crippen LogP contribution is -2.34. The lowest BCUT2D eigenvalue weighted by Gasteiger charge is -2.26. The van der Waals surface area contributed by atoms with Crippen molar-refractivity contribution in [3.05, 3.63) is 53.1 Å². The van der Waals surface area contributed by atoms with Gasteiger partial charge in [0.15, 0.2) is 17.3 Å². The van der Waals surface area contributed by atoms with E-state index in [4.69, 9.17) is 14.5 Å². The highest BCUT2D eigenvalue weighted by Gasteiger charge is 2.21. The lowest BCUT2D eigenvalue weighted by molar-refractivity contribution is 0.355. The molecule has 2 heterocycles. The molecular weight excluding hydrogens is 370 g/mol. The van der Waals surface area contributed by atoms with Crippen molar-refractivity contribution in [2.45, 2.75) is 13.3 Å². The monoisotopic (exact) mass is 389 g/mol. The molecule has 1 N–H and O–H groups in total. The van der Waals surface area contributed by atoms with Gasteiger partial charge in [-0.25, -0.2) is 4.99 Å². The van der Waals surface area contributed by atoms with Crippen LogP contribution in [-0.4, -0.2) is 25.0 Å². The molecule has 0 spiro atoms. The molecule has 0 fully saturated rings. The van der Waals surface area contributed by atoms with Gasteiger partial charge in [0.25, 0.3) is 0 Å². The molecule has 0 amide bonds. The molecule has 6 heteroatoms. The number of nitrogens with zero attached hydrogens (tertiary/aromatic N) is 2. The van der Waals surface area contributed by atoms with E-state index in [0.717, 1.165) is 28.2 Å². The largest absolute Gasteiger partial charge is 0.493 e. The smallest absolute Gasteiger partial charge is 0.162 e. The van der Waals surface area contributed by atoms with Crippen LogP contribution in [-0.2, 0) is 0 Å². The molecule has 1 unspecified atom stereocenters. The van der Waals surface area contributed by atoms with Gasteiger partial charge in [-0.15, -0.1) is 0 Å². The van der Waals surface area contributed by atoms with E-state index in [0.29, 0.717) is 17.4 Å². The molecular formula is C18H20BrN3O2. The van der Waals surface area contributed by atoms with E-state index in [2.05, 4.69) is 51.4 Å². The van der Waals surface area contributed by atoms with Crippen molar-refractivity contribution in [3.63, 3.8) is 0 Å². The quantitative estimate of drug-likeness (QED) is 0.784. The predicted octanol–water partition coefficient (Wildman–Crippen LogP) is 4.27. The zero-order valence-corrected chi connectivity index (χ0v) is 15.5. The molecule has 24 heavy (non-hydrogen) atoms. The van der Waals surface area contributed by atoms with Crippen molar-refractivity contribution in [1.82, 2.24) is 10.2 Å². The first-order valence-corrected chi connectivity index (χ1v) is 8.52. The molecule has 3 rings (SSSR count). The molecule has 5 nitrogen and oxygen atoms in total. The van der Waals surface area contributed by atoms with E-state index in [1.165, 1.54) is 0 Å². The van der Waals surface area contributed by atoms with Crippen LogP contribution in [0.2, 0.25) is 0 Å². The number of allylic oxidation sites excluding steroid dienone is 2. The minimum Gasteiger partial charge on any atom is -0.493 e. The number of benzene rings is 1. The number of ether oxygens (including phenoxy) is 2. The van der Waals surface area contributed by atoms with Crippen molar-refractivity contribution < 1.29 is 9.47 Å². The van der Waals surface area contributed by atoms with E-state index < -0.39 is 0 Å². The van der Waals surface area contributed by atoms with Gasteiger partial charge < -0.3 is 19.7 Å². The number of hydrogen-bond donors (Lipinski definition) is 1. The Morgan fingerprint density at radius 1 is 1.25 bits per heavy atom. The van der Waals surface area contributed by atoms with E-state index in [1.54, 1.807) is 14.2 Å². The molecule has 1 atom stereocenters. The molecule has 0 saturated heterocycles. The highest BCUT2D eigenvalue weighted by Crippen LogP contribution is 2.32. The fraction of sp³-hybridized carbons (Fsp3) is 0.278. The first kappa shape index (κ1) is 16.6. The number of amidine groups is 1. The number of methoxy groups -OCH3 is 2. The Morgan fingerprint density at radius 3 is 2.79 bits per heavy atom. The predicted molar refractivity (Wildman–Crippen MR) is 99.6 cm³/mol. The second kappa shape index (κ2) is 7.13. The van der Waals surface area contributed by atoms with Gasteiger partial charge in [0.1, 0.15) is 4.61 Å². The van der Waals surface area contributed by atoms with Crippen molar-refractivity contribution in [1.29, 1.82) is 0 Å². The fourth-order valence-corrected chi connectivity index (χ4v) is 2.98. The number of fused-ring (bicyclic) bond motifs is 1. The summed E-state index contributed by atoms with van der Waals surface area (Å²) in [6.07, 6.45) is 9.44. The molecule has 0 radical (unpaired) electrons. The standard InChI is InChI=1S/C18H20BrN3O2/c1-12-4-6-14-18(21-17(19)11-22(14)9-8-12)20-13-5-7-15(23-2)16(10-13)24-3/h5-12H,4H2,1-3H3,(H,20,21). The molecule has 126 valence electrons. The van der Waals surface area contributed by atoms with Crippen LogP contribution >= 0.6 is 15.9 Å². The van der Waals surface area contributed by atoms with E-state index in [-0.39, 0.29) is 0 Å². The van der Waals surface area contributed by atoms with Gasteiger partial charge >= 0.3 is 0 Å². The first-order chi connectivity index (χ1) is 11.6. The Hall–Kier alpha value is -2.21. The Balaban J connectivity index is 2.00. The Bertz CT molecular complexity index is 753. The minimum absolute atomic E-state index is 0.498. The maximum absolute atomic E-state index is 5.36. The lowest BCUT2D eigenvalue weighted by atomic mass is 10.1. The maximum atomic E-state index is 5.36. The van der Waals surface area contributed by atoms with Gasteiger partial charge in [0.2, 0.25) is 0 Å². The summed E-state index contributed by atoms with van der Waals surface area (Å²) in [6, 6.07) is 5.62. The van der Waals surface area contributed by atoms with Crippen molar-refractivity contribution in [3.8, 4) is 11.5 Å². The first-order valence-electron chi connectivity index (χ1n) is 7.73. The Kier molecular flexibility index (Phi) is 4.94. The third-order valence-corrected chi connectivity index (χ3v) is 4.28. The van der Waals surface area contributed by atoms with E-state index >= 15 is 0 Å². The van der Waals surface area contributed by atoms with E-state index in [1.807, 2.05) is 24.4 Å². The molecule has 0 aliphatic carbocycles. The SMILES string of the molecule is COc1ccc(N=C2NC(Br)=CN3C=CC(C)CC=C23)cc1OC. The summed E-state index contributed by atoms with van der Waals surface area (Å²) in [5.41, 5.74) is 1.83. The second-order valence-corrected chi connectivity index (χ2v) is 6.51. The summed E-state index contributed by atoms with van der Waals surface area (Å²) in [7, 11) is 3.24. The van der Waals surface area contributed by atoms with Gasteiger partial charge in [0, 0.05) is 18.5 Å². The number of hydrogen-bond acceptors (Lipinski definition) is 4. The molecule has 0 aromatic heterocycles. The summed E-state index contributed by atoms with van der Waals surface area (Å²) < 4.78 is 11.5. The maximum Gasteiger partial charge on any atom is 0.162 e. The third kappa shape index (κ3) is 3.48.